The van der Waals surface area contributed by atoms with E-state index in [-0.39, 0.29) is 30.0 Å². The monoisotopic (exact) mass is 292 g/mol. The molecule has 2 fully saturated rings. The van der Waals surface area contributed by atoms with E-state index in [1.807, 2.05) is 13.8 Å². The molecule has 0 aromatic carbocycles. The van der Waals surface area contributed by atoms with E-state index in [1.54, 1.807) is 4.90 Å². The predicted molar refractivity (Wildman–Crippen MR) is 67.6 cm³/mol. The van der Waals surface area contributed by atoms with Crippen molar-refractivity contribution in [3.8, 4) is 0 Å². The van der Waals surface area contributed by atoms with Crippen molar-refractivity contribution < 1.29 is 22.7 Å². The van der Waals surface area contributed by atoms with E-state index >= 15 is 0 Å². The first kappa shape index (κ1) is 14.7. The van der Waals surface area contributed by atoms with Gasteiger partial charge in [-0.3, -0.25) is 4.79 Å². The van der Waals surface area contributed by atoms with Gasteiger partial charge >= 0.3 is 0 Å². The van der Waals surface area contributed by atoms with Crippen LogP contribution in [0.25, 0.3) is 0 Å². The van der Waals surface area contributed by atoms with Crippen LogP contribution in [0, 0.1) is 5.92 Å². The highest BCUT2D eigenvalue weighted by atomic mass is 32.2. The molecule has 8 heteroatoms. The SMILES string of the molecule is CC1(C)OCC(N2CC(CS(N)(=O)=O)CC2=O)CO1. The molecule has 0 radical (unpaired) electrons. The number of primary sulfonamides is 1. The van der Waals surface area contributed by atoms with Crippen LogP contribution >= 0.6 is 0 Å². The highest BCUT2D eigenvalue weighted by Gasteiger charge is 2.39. The Morgan fingerprint density at radius 2 is 1.95 bits per heavy atom. The van der Waals surface area contributed by atoms with E-state index in [2.05, 4.69) is 0 Å². The zero-order valence-electron chi connectivity index (χ0n) is 11.2. The second kappa shape index (κ2) is 5.01. The number of hydrogen-bond acceptors (Lipinski definition) is 5. The normalized spacial score (nSPS) is 28.9. The molecular formula is C11H20N2O5S. The van der Waals surface area contributed by atoms with E-state index in [0.29, 0.717) is 19.8 Å². The van der Waals surface area contributed by atoms with Crippen LogP contribution in [0.5, 0.6) is 0 Å². The topological polar surface area (TPSA) is 98.9 Å². The summed E-state index contributed by atoms with van der Waals surface area (Å²) in [5.41, 5.74) is 0. The van der Waals surface area contributed by atoms with Gasteiger partial charge in [-0.15, -0.1) is 0 Å². The third-order valence-corrected chi connectivity index (χ3v) is 4.33. The van der Waals surface area contributed by atoms with Crippen LogP contribution in [0.2, 0.25) is 0 Å². The van der Waals surface area contributed by atoms with E-state index in [9.17, 15) is 13.2 Å². The van der Waals surface area contributed by atoms with E-state index in [1.165, 1.54) is 0 Å². The van der Waals surface area contributed by atoms with Crippen LogP contribution in [0.15, 0.2) is 0 Å². The summed E-state index contributed by atoms with van der Waals surface area (Å²) >= 11 is 0. The minimum Gasteiger partial charge on any atom is -0.348 e. The van der Waals surface area contributed by atoms with Gasteiger partial charge in [0.15, 0.2) is 5.79 Å². The van der Waals surface area contributed by atoms with Gasteiger partial charge in [0.05, 0.1) is 25.0 Å². The Kier molecular flexibility index (Phi) is 3.87. The second-order valence-electron chi connectivity index (χ2n) is 5.62. The molecule has 110 valence electrons. The van der Waals surface area contributed by atoms with E-state index in [0.717, 1.165) is 0 Å². The maximum absolute atomic E-state index is 11.9. The average Bonchev–Trinajstić information content (AvgIpc) is 2.56. The first-order chi connectivity index (χ1) is 8.66. The molecule has 19 heavy (non-hydrogen) atoms. The Bertz CT molecular complexity index is 452. The van der Waals surface area contributed by atoms with Crippen molar-refractivity contribution >= 4 is 15.9 Å². The summed E-state index contributed by atoms with van der Waals surface area (Å²) in [6.07, 6.45) is 0.219. The molecular weight excluding hydrogens is 272 g/mol. The van der Waals surface area contributed by atoms with Gasteiger partial charge in [-0.1, -0.05) is 0 Å². The van der Waals surface area contributed by atoms with Crippen LogP contribution in [0.1, 0.15) is 20.3 Å². The Morgan fingerprint density at radius 1 is 1.37 bits per heavy atom. The van der Waals surface area contributed by atoms with E-state index in [4.69, 9.17) is 14.6 Å². The summed E-state index contributed by atoms with van der Waals surface area (Å²) < 4.78 is 33.2. The lowest BCUT2D eigenvalue weighted by atomic mass is 10.1. The fourth-order valence-corrected chi connectivity index (χ4v) is 3.35. The molecule has 1 amide bonds. The third kappa shape index (κ3) is 3.88. The Morgan fingerprint density at radius 3 is 2.47 bits per heavy atom. The Balaban J connectivity index is 1.94. The van der Waals surface area contributed by atoms with Crippen LogP contribution in [0.3, 0.4) is 0 Å². The smallest absolute Gasteiger partial charge is 0.223 e. The van der Waals surface area contributed by atoms with Crippen molar-refractivity contribution in [2.75, 3.05) is 25.5 Å². The van der Waals surface area contributed by atoms with Crippen molar-refractivity contribution in [2.24, 2.45) is 11.1 Å². The number of sulfonamides is 1. The fourth-order valence-electron chi connectivity index (χ4n) is 2.47. The molecule has 2 rings (SSSR count). The maximum Gasteiger partial charge on any atom is 0.223 e. The summed E-state index contributed by atoms with van der Waals surface area (Å²) in [6.45, 7) is 4.84. The molecule has 2 aliphatic rings. The van der Waals surface area contributed by atoms with Crippen molar-refractivity contribution in [1.29, 1.82) is 0 Å². The number of ether oxygens (including phenoxy) is 2. The van der Waals surface area contributed by atoms with Gasteiger partial charge in [0.1, 0.15) is 0 Å². The summed E-state index contributed by atoms with van der Waals surface area (Å²) in [4.78, 5) is 13.6. The molecule has 0 aromatic rings. The summed E-state index contributed by atoms with van der Waals surface area (Å²) in [7, 11) is -3.55. The number of nitrogens with two attached hydrogens (primary N) is 1. The van der Waals surface area contributed by atoms with Gasteiger partial charge in [0.2, 0.25) is 15.9 Å². The van der Waals surface area contributed by atoms with Gasteiger partial charge in [-0.25, -0.2) is 13.6 Å². The number of nitrogens with zero attached hydrogens (tertiary/aromatic N) is 1. The highest BCUT2D eigenvalue weighted by Crippen LogP contribution is 2.26. The molecule has 0 saturated carbocycles. The Labute approximate surface area is 113 Å². The van der Waals surface area contributed by atoms with Gasteiger partial charge < -0.3 is 14.4 Å². The number of rotatable bonds is 3. The molecule has 7 nitrogen and oxygen atoms in total. The molecule has 2 heterocycles. The predicted octanol–water partition coefficient (Wildman–Crippen LogP) is -0.725. The number of carbonyl (C=O) groups is 1. The zero-order chi connectivity index (χ0) is 14.3. The largest absolute Gasteiger partial charge is 0.348 e. The summed E-state index contributed by atoms with van der Waals surface area (Å²) in [5, 5.41) is 5.01. The molecule has 2 aliphatic heterocycles. The molecule has 2 N–H and O–H groups in total. The molecule has 1 atom stereocenters. The standard InChI is InChI=1S/C11H20N2O5S/c1-11(2)17-5-9(6-18-11)13-4-8(3-10(13)14)7-19(12,15)16/h8-9H,3-7H2,1-2H3,(H2,12,15,16). The van der Waals surface area contributed by atoms with E-state index < -0.39 is 15.8 Å². The first-order valence-electron chi connectivity index (χ1n) is 6.24. The molecule has 2 saturated heterocycles. The van der Waals surface area contributed by atoms with Gasteiger partial charge in [0.25, 0.3) is 0 Å². The Hall–Kier alpha value is -0.700. The minimum absolute atomic E-state index is 0.0643. The number of amides is 1. The summed E-state index contributed by atoms with van der Waals surface area (Å²) in [5.74, 6) is -1.09. The van der Waals surface area contributed by atoms with Crippen LogP contribution < -0.4 is 5.14 Å². The number of likely N-dealkylation sites (tertiary alicyclic amines) is 1. The van der Waals surface area contributed by atoms with Crippen molar-refractivity contribution in [2.45, 2.75) is 32.1 Å². The maximum atomic E-state index is 11.9. The summed E-state index contributed by atoms with van der Waals surface area (Å²) in [6, 6.07) is -0.147. The van der Waals surface area contributed by atoms with Gasteiger partial charge in [0, 0.05) is 18.9 Å². The molecule has 0 spiro atoms. The quantitative estimate of drug-likeness (QED) is 0.739. The lowest BCUT2D eigenvalue weighted by Gasteiger charge is -2.38. The van der Waals surface area contributed by atoms with Gasteiger partial charge in [-0.2, -0.15) is 0 Å². The average molecular weight is 292 g/mol. The number of hydrogen-bond donors (Lipinski definition) is 1. The van der Waals surface area contributed by atoms with Crippen molar-refractivity contribution in [1.82, 2.24) is 4.90 Å². The lowest BCUT2D eigenvalue weighted by Crippen LogP contribution is -2.51. The highest BCUT2D eigenvalue weighted by molar-refractivity contribution is 7.89. The molecule has 0 bridgehead atoms. The third-order valence-electron chi connectivity index (χ3n) is 3.39. The van der Waals surface area contributed by atoms with Gasteiger partial charge in [-0.05, 0) is 13.8 Å². The van der Waals surface area contributed by atoms with Crippen LogP contribution in [-0.4, -0.2) is 56.6 Å². The van der Waals surface area contributed by atoms with Crippen molar-refractivity contribution in [3.05, 3.63) is 0 Å². The second-order valence-corrected chi connectivity index (χ2v) is 7.28. The lowest BCUT2D eigenvalue weighted by molar-refractivity contribution is -0.262. The molecule has 0 aromatic heterocycles. The fraction of sp³-hybridized carbons (Fsp3) is 0.909. The number of carbonyl (C=O) groups excluding carboxylic acids is 1. The molecule has 1 unspecified atom stereocenters. The van der Waals surface area contributed by atoms with Crippen molar-refractivity contribution in [3.63, 3.8) is 0 Å². The van der Waals surface area contributed by atoms with Crippen LogP contribution in [0.4, 0.5) is 0 Å². The first-order valence-corrected chi connectivity index (χ1v) is 7.96. The molecule has 0 aliphatic carbocycles. The zero-order valence-corrected chi connectivity index (χ0v) is 12.0. The minimum atomic E-state index is -3.55. The van der Waals surface area contributed by atoms with Crippen LogP contribution in [-0.2, 0) is 24.3 Å².